The number of rotatable bonds is 7. The second kappa shape index (κ2) is 9.36. The fourth-order valence-corrected chi connectivity index (χ4v) is 3.67. The molecule has 1 aliphatic carbocycles. The van der Waals surface area contributed by atoms with Crippen molar-refractivity contribution in [2.24, 2.45) is 5.92 Å². The summed E-state index contributed by atoms with van der Waals surface area (Å²) in [4.78, 5) is 23.1. The van der Waals surface area contributed by atoms with Gasteiger partial charge in [-0.1, -0.05) is 62.2 Å². The summed E-state index contributed by atoms with van der Waals surface area (Å²) in [5, 5.41) is 0. The van der Waals surface area contributed by atoms with E-state index in [0.29, 0.717) is 18.0 Å². The first-order valence-corrected chi connectivity index (χ1v) is 9.58. The maximum absolute atomic E-state index is 12.6. The maximum Gasteiger partial charge on any atom is 0.338 e. The monoisotopic (exact) mass is 366 g/mol. The molecule has 0 spiro atoms. The molecule has 0 aromatic heterocycles. The van der Waals surface area contributed by atoms with E-state index in [4.69, 9.17) is 9.47 Å². The largest absolute Gasteiger partial charge is 0.464 e. The van der Waals surface area contributed by atoms with Crippen LogP contribution in [0.1, 0.15) is 66.1 Å². The summed E-state index contributed by atoms with van der Waals surface area (Å²) in [5.74, 6) is 0.991. The van der Waals surface area contributed by atoms with Gasteiger partial charge in [0.05, 0.1) is 5.56 Å². The Hall–Kier alpha value is -2.62. The third kappa shape index (κ3) is 5.19. The smallest absolute Gasteiger partial charge is 0.338 e. The molecule has 1 atom stereocenters. The molecule has 4 heteroatoms. The van der Waals surface area contributed by atoms with Crippen molar-refractivity contribution in [1.29, 1.82) is 0 Å². The molecule has 0 saturated heterocycles. The molecule has 1 fully saturated rings. The minimum Gasteiger partial charge on any atom is -0.464 e. The molecule has 0 aliphatic heterocycles. The zero-order valence-corrected chi connectivity index (χ0v) is 15.7. The molecule has 142 valence electrons. The van der Waals surface area contributed by atoms with Crippen LogP contribution in [-0.2, 0) is 14.3 Å². The second-order valence-electron chi connectivity index (χ2n) is 7.31. The number of ether oxygens (including phenoxy) is 2. The van der Waals surface area contributed by atoms with E-state index in [1.807, 2.05) is 54.6 Å². The molecule has 1 aliphatic rings. The normalized spacial score (nSPS) is 20.5. The van der Waals surface area contributed by atoms with E-state index in [2.05, 4.69) is 6.92 Å². The minimum atomic E-state index is -0.622. The first kappa shape index (κ1) is 19.2. The van der Waals surface area contributed by atoms with Crippen LogP contribution in [0.4, 0.5) is 0 Å². The van der Waals surface area contributed by atoms with Gasteiger partial charge in [0.2, 0.25) is 0 Å². The van der Waals surface area contributed by atoms with Crippen LogP contribution >= 0.6 is 0 Å². The molecule has 1 unspecified atom stereocenters. The van der Waals surface area contributed by atoms with Crippen LogP contribution in [0.25, 0.3) is 0 Å². The molecule has 0 radical (unpaired) electrons. The Balaban J connectivity index is 1.66. The third-order valence-electron chi connectivity index (χ3n) is 5.37. The van der Waals surface area contributed by atoms with Gasteiger partial charge in [-0.2, -0.15) is 0 Å². The minimum absolute atomic E-state index is 0.00239. The average molecular weight is 366 g/mol. The second-order valence-corrected chi connectivity index (χ2v) is 7.31. The van der Waals surface area contributed by atoms with Crippen LogP contribution in [0.2, 0.25) is 0 Å². The van der Waals surface area contributed by atoms with Crippen LogP contribution in [0.3, 0.4) is 0 Å². The molecular formula is C23H26O4. The Labute approximate surface area is 160 Å². The Morgan fingerprint density at radius 2 is 1.70 bits per heavy atom. The SMILES string of the molecule is CC1CCC(c2ccc(C(=O)OC(COC=O)c3ccccc3)cc2)CC1. The summed E-state index contributed by atoms with van der Waals surface area (Å²) in [6, 6.07) is 17.0. The lowest BCUT2D eigenvalue weighted by Crippen LogP contribution is -2.17. The number of hydrogen-bond donors (Lipinski definition) is 0. The van der Waals surface area contributed by atoms with Crippen LogP contribution in [0.15, 0.2) is 54.6 Å². The fourth-order valence-electron chi connectivity index (χ4n) is 3.67. The Morgan fingerprint density at radius 1 is 1.04 bits per heavy atom. The Bertz CT molecular complexity index is 731. The van der Waals surface area contributed by atoms with Gasteiger partial charge in [0.25, 0.3) is 6.47 Å². The first-order chi connectivity index (χ1) is 13.2. The highest BCUT2D eigenvalue weighted by Crippen LogP contribution is 2.35. The lowest BCUT2D eigenvalue weighted by molar-refractivity contribution is -0.131. The van der Waals surface area contributed by atoms with Crippen molar-refractivity contribution in [3.8, 4) is 0 Å². The summed E-state index contributed by atoms with van der Waals surface area (Å²) in [5.41, 5.74) is 2.60. The Kier molecular flexibility index (Phi) is 6.64. The van der Waals surface area contributed by atoms with Gasteiger partial charge >= 0.3 is 5.97 Å². The van der Waals surface area contributed by atoms with Crippen LogP contribution < -0.4 is 0 Å². The van der Waals surface area contributed by atoms with Gasteiger partial charge < -0.3 is 9.47 Å². The molecule has 4 nitrogen and oxygen atoms in total. The standard InChI is InChI=1S/C23H26O4/c1-17-7-9-18(10-8-17)19-11-13-21(14-12-19)23(25)27-22(15-26-16-24)20-5-3-2-4-6-20/h2-6,11-14,16-18,22H,7-10,15H2,1H3. The van der Waals surface area contributed by atoms with E-state index < -0.39 is 12.1 Å². The van der Waals surface area contributed by atoms with Crippen molar-refractivity contribution in [2.75, 3.05) is 6.61 Å². The highest BCUT2D eigenvalue weighted by molar-refractivity contribution is 5.89. The highest BCUT2D eigenvalue weighted by Gasteiger charge is 2.21. The van der Waals surface area contributed by atoms with Gasteiger partial charge in [-0.05, 0) is 47.9 Å². The van der Waals surface area contributed by atoms with Crippen LogP contribution in [0, 0.1) is 5.92 Å². The molecule has 0 bridgehead atoms. The topological polar surface area (TPSA) is 52.6 Å². The van der Waals surface area contributed by atoms with Gasteiger partial charge in [-0.3, -0.25) is 4.79 Å². The van der Waals surface area contributed by atoms with Gasteiger partial charge in [0.1, 0.15) is 6.61 Å². The summed E-state index contributed by atoms with van der Waals surface area (Å²) in [6.45, 7) is 2.67. The zero-order valence-electron chi connectivity index (χ0n) is 15.7. The van der Waals surface area contributed by atoms with E-state index in [9.17, 15) is 9.59 Å². The zero-order chi connectivity index (χ0) is 19.1. The molecule has 2 aromatic carbocycles. The number of benzene rings is 2. The lowest BCUT2D eigenvalue weighted by atomic mass is 9.79. The van der Waals surface area contributed by atoms with Crippen molar-refractivity contribution in [3.05, 3.63) is 71.3 Å². The first-order valence-electron chi connectivity index (χ1n) is 9.58. The third-order valence-corrected chi connectivity index (χ3v) is 5.37. The molecule has 2 aromatic rings. The van der Waals surface area contributed by atoms with Gasteiger partial charge in [0.15, 0.2) is 6.10 Å². The van der Waals surface area contributed by atoms with Crippen molar-refractivity contribution in [1.82, 2.24) is 0 Å². The van der Waals surface area contributed by atoms with E-state index in [-0.39, 0.29) is 6.61 Å². The molecule has 27 heavy (non-hydrogen) atoms. The van der Waals surface area contributed by atoms with Crippen molar-refractivity contribution in [2.45, 2.75) is 44.6 Å². The van der Waals surface area contributed by atoms with Crippen molar-refractivity contribution in [3.63, 3.8) is 0 Å². The maximum atomic E-state index is 12.6. The van der Waals surface area contributed by atoms with Gasteiger partial charge in [-0.25, -0.2) is 4.79 Å². The predicted molar refractivity (Wildman–Crippen MR) is 103 cm³/mol. The average Bonchev–Trinajstić information content (AvgIpc) is 2.72. The van der Waals surface area contributed by atoms with Crippen molar-refractivity contribution < 1.29 is 19.1 Å². The lowest BCUT2D eigenvalue weighted by Gasteiger charge is -2.26. The predicted octanol–water partition coefficient (Wildman–Crippen LogP) is 5.05. The summed E-state index contributed by atoms with van der Waals surface area (Å²) >= 11 is 0. The molecule has 0 heterocycles. The number of carbonyl (C=O) groups is 2. The number of carbonyl (C=O) groups excluding carboxylic acids is 2. The highest BCUT2D eigenvalue weighted by atomic mass is 16.6. The van der Waals surface area contributed by atoms with E-state index >= 15 is 0 Å². The van der Waals surface area contributed by atoms with Gasteiger partial charge in [-0.15, -0.1) is 0 Å². The quantitative estimate of drug-likeness (QED) is 0.508. The number of hydrogen-bond acceptors (Lipinski definition) is 4. The van der Waals surface area contributed by atoms with Crippen LogP contribution in [-0.4, -0.2) is 19.0 Å². The Morgan fingerprint density at radius 3 is 2.33 bits per heavy atom. The summed E-state index contributed by atoms with van der Waals surface area (Å²) in [6.07, 6.45) is 4.34. The molecule has 3 rings (SSSR count). The molecule has 1 saturated carbocycles. The fraction of sp³-hybridized carbons (Fsp3) is 0.391. The summed E-state index contributed by atoms with van der Waals surface area (Å²) < 4.78 is 10.4. The van der Waals surface area contributed by atoms with Crippen molar-refractivity contribution >= 4 is 12.4 Å². The van der Waals surface area contributed by atoms with E-state index in [1.54, 1.807) is 0 Å². The van der Waals surface area contributed by atoms with E-state index in [1.165, 1.54) is 31.2 Å². The van der Waals surface area contributed by atoms with Crippen LogP contribution in [0.5, 0.6) is 0 Å². The van der Waals surface area contributed by atoms with E-state index in [0.717, 1.165) is 11.5 Å². The molecular weight excluding hydrogens is 340 g/mol. The van der Waals surface area contributed by atoms with Gasteiger partial charge in [0, 0.05) is 0 Å². The number of esters is 1. The molecule has 0 amide bonds. The molecule has 0 N–H and O–H groups in total. The summed E-state index contributed by atoms with van der Waals surface area (Å²) in [7, 11) is 0.